The van der Waals surface area contributed by atoms with Crippen LogP contribution in [0.1, 0.15) is 30.0 Å². The molecule has 1 aliphatic rings. The Balaban J connectivity index is 1.62. The van der Waals surface area contributed by atoms with Gasteiger partial charge in [-0.25, -0.2) is 0 Å². The van der Waals surface area contributed by atoms with Crippen molar-refractivity contribution in [1.29, 1.82) is 0 Å². The van der Waals surface area contributed by atoms with E-state index in [0.29, 0.717) is 38.5 Å². The predicted octanol–water partition coefficient (Wildman–Crippen LogP) is 4.26. The Bertz CT molecular complexity index is 1050. The number of anilines is 1. The first-order valence-electron chi connectivity index (χ1n) is 11.2. The molecule has 1 unspecified atom stereocenters. The molecule has 0 aliphatic carbocycles. The molecule has 1 N–H and O–H groups in total. The lowest BCUT2D eigenvalue weighted by atomic mass is 9.95. The minimum atomic E-state index is -4.66. The fourth-order valence-corrected chi connectivity index (χ4v) is 4.28. The molecule has 1 heterocycles. The summed E-state index contributed by atoms with van der Waals surface area (Å²) in [6, 6.07) is 10.1. The number of nitrogens with zero attached hydrogens (tertiary/aromatic N) is 3. The second kappa shape index (κ2) is 10.9. The summed E-state index contributed by atoms with van der Waals surface area (Å²) in [5.74, 6) is 0.333. The average Bonchev–Trinajstić information content (AvgIpc) is 2.83. The molecule has 35 heavy (non-hydrogen) atoms. The minimum Gasteiger partial charge on any atom is -0.497 e. The first kappa shape index (κ1) is 26.3. The van der Waals surface area contributed by atoms with E-state index in [2.05, 4.69) is 5.32 Å². The average molecular weight is 495 g/mol. The van der Waals surface area contributed by atoms with Crippen LogP contribution in [0.2, 0.25) is 0 Å². The summed E-state index contributed by atoms with van der Waals surface area (Å²) >= 11 is 0. The molecular weight excluding hydrogens is 465 g/mol. The largest absolute Gasteiger partial charge is 0.497 e. The standard InChI is InChI=1S/C24H29F3N4O4/c1-29(2)22(17-5-4-6-19(13-17)35-3)15-28-23(32)16-9-11-30(12-10-16)20-8-7-18(24(25,26)27)14-21(20)31(33)34/h4-8,13-14,16,22H,9-12,15H2,1-3H3,(H,28,32). The van der Waals surface area contributed by atoms with Crippen LogP contribution >= 0.6 is 0 Å². The summed E-state index contributed by atoms with van der Waals surface area (Å²) in [5, 5.41) is 14.4. The summed E-state index contributed by atoms with van der Waals surface area (Å²) in [5.41, 5.74) is -0.518. The number of nitro groups is 1. The molecule has 11 heteroatoms. The van der Waals surface area contributed by atoms with Crippen molar-refractivity contribution in [3.8, 4) is 5.75 Å². The van der Waals surface area contributed by atoms with E-state index in [4.69, 9.17) is 4.74 Å². The zero-order valence-electron chi connectivity index (χ0n) is 19.8. The van der Waals surface area contributed by atoms with Gasteiger partial charge in [-0.1, -0.05) is 12.1 Å². The van der Waals surface area contributed by atoms with E-state index in [0.717, 1.165) is 23.4 Å². The van der Waals surface area contributed by atoms with Gasteiger partial charge in [0, 0.05) is 31.6 Å². The molecule has 2 aromatic rings. The Kier molecular flexibility index (Phi) is 8.21. The number of piperidine rings is 1. The van der Waals surface area contributed by atoms with Gasteiger partial charge in [-0.15, -0.1) is 0 Å². The first-order chi connectivity index (χ1) is 16.5. The van der Waals surface area contributed by atoms with Gasteiger partial charge < -0.3 is 19.9 Å². The van der Waals surface area contributed by atoms with E-state index in [1.54, 1.807) is 12.0 Å². The number of carbonyl (C=O) groups excluding carboxylic acids is 1. The van der Waals surface area contributed by atoms with Crippen molar-refractivity contribution in [2.45, 2.75) is 25.1 Å². The maximum atomic E-state index is 13.0. The third kappa shape index (κ3) is 6.41. The van der Waals surface area contributed by atoms with Gasteiger partial charge in [-0.2, -0.15) is 13.2 Å². The molecule has 0 saturated carbocycles. The summed E-state index contributed by atoms with van der Waals surface area (Å²) in [6.07, 6.45) is -3.78. The van der Waals surface area contributed by atoms with Crippen molar-refractivity contribution in [1.82, 2.24) is 10.2 Å². The van der Waals surface area contributed by atoms with Crippen molar-refractivity contribution >= 4 is 17.3 Å². The summed E-state index contributed by atoms with van der Waals surface area (Å²) < 4.78 is 44.2. The third-order valence-electron chi connectivity index (χ3n) is 6.28. The van der Waals surface area contributed by atoms with Crippen molar-refractivity contribution in [2.24, 2.45) is 5.92 Å². The molecule has 1 fully saturated rings. The van der Waals surface area contributed by atoms with E-state index in [1.807, 2.05) is 43.3 Å². The Hall–Kier alpha value is -3.34. The van der Waals surface area contributed by atoms with Crippen LogP contribution in [0.15, 0.2) is 42.5 Å². The van der Waals surface area contributed by atoms with Crippen LogP contribution in [0.5, 0.6) is 5.75 Å². The first-order valence-corrected chi connectivity index (χ1v) is 11.2. The number of alkyl halides is 3. The smallest absolute Gasteiger partial charge is 0.416 e. The highest BCUT2D eigenvalue weighted by Crippen LogP contribution is 2.37. The number of rotatable bonds is 8. The number of hydrogen-bond donors (Lipinski definition) is 1. The number of ether oxygens (including phenoxy) is 1. The monoisotopic (exact) mass is 494 g/mol. The molecule has 0 bridgehead atoms. The van der Waals surface area contributed by atoms with E-state index in [1.165, 1.54) is 0 Å². The molecule has 1 aliphatic heterocycles. The van der Waals surface area contributed by atoms with Crippen LogP contribution in [0.25, 0.3) is 0 Å². The Morgan fingerprint density at radius 3 is 2.49 bits per heavy atom. The van der Waals surface area contributed by atoms with E-state index < -0.39 is 22.4 Å². The van der Waals surface area contributed by atoms with Gasteiger partial charge in [-0.05, 0) is 56.8 Å². The van der Waals surface area contributed by atoms with Crippen molar-refractivity contribution in [3.63, 3.8) is 0 Å². The molecule has 2 aromatic carbocycles. The van der Waals surface area contributed by atoms with E-state index >= 15 is 0 Å². The second-order valence-corrected chi connectivity index (χ2v) is 8.72. The second-order valence-electron chi connectivity index (χ2n) is 8.72. The van der Waals surface area contributed by atoms with Crippen LogP contribution in [-0.4, -0.2) is 56.6 Å². The number of carbonyl (C=O) groups is 1. The topological polar surface area (TPSA) is 87.9 Å². The highest BCUT2D eigenvalue weighted by atomic mass is 19.4. The Morgan fingerprint density at radius 2 is 1.91 bits per heavy atom. The molecular formula is C24H29F3N4O4. The van der Waals surface area contributed by atoms with Gasteiger partial charge in [0.1, 0.15) is 11.4 Å². The van der Waals surface area contributed by atoms with Gasteiger partial charge in [0.15, 0.2) is 0 Å². The fraction of sp³-hybridized carbons (Fsp3) is 0.458. The lowest BCUT2D eigenvalue weighted by molar-refractivity contribution is -0.384. The number of nitro benzene ring substituents is 1. The van der Waals surface area contributed by atoms with Crippen molar-refractivity contribution < 1.29 is 27.6 Å². The molecule has 1 atom stereocenters. The number of amides is 1. The zero-order chi connectivity index (χ0) is 25.8. The summed E-state index contributed by atoms with van der Waals surface area (Å²) in [6.45, 7) is 1.05. The van der Waals surface area contributed by atoms with Gasteiger partial charge in [0.25, 0.3) is 5.69 Å². The molecule has 190 valence electrons. The van der Waals surface area contributed by atoms with Crippen LogP contribution in [0.3, 0.4) is 0 Å². The highest BCUT2D eigenvalue weighted by molar-refractivity contribution is 5.79. The predicted molar refractivity (Wildman–Crippen MR) is 125 cm³/mol. The third-order valence-corrected chi connectivity index (χ3v) is 6.28. The number of benzene rings is 2. The van der Waals surface area contributed by atoms with Crippen LogP contribution in [0, 0.1) is 16.0 Å². The minimum absolute atomic E-state index is 0.0658. The molecule has 1 amide bonds. The van der Waals surface area contributed by atoms with Gasteiger partial charge in [0.05, 0.1) is 23.6 Å². The van der Waals surface area contributed by atoms with Gasteiger partial charge in [-0.3, -0.25) is 14.9 Å². The Labute approximate surface area is 201 Å². The quantitative estimate of drug-likeness (QED) is 0.436. The molecule has 8 nitrogen and oxygen atoms in total. The maximum absolute atomic E-state index is 13.0. The molecule has 1 saturated heterocycles. The van der Waals surface area contributed by atoms with Gasteiger partial charge in [0.2, 0.25) is 5.91 Å². The summed E-state index contributed by atoms with van der Waals surface area (Å²) in [7, 11) is 5.44. The zero-order valence-corrected chi connectivity index (χ0v) is 19.8. The number of nitrogens with one attached hydrogen (secondary N) is 1. The maximum Gasteiger partial charge on any atom is 0.416 e. The van der Waals surface area contributed by atoms with Crippen LogP contribution < -0.4 is 15.0 Å². The summed E-state index contributed by atoms with van der Waals surface area (Å²) in [4.78, 5) is 27.1. The lowest BCUT2D eigenvalue weighted by Crippen LogP contribution is -2.43. The number of hydrogen-bond acceptors (Lipinski definition) is 6. The van der Waals surface area contributed by atoms with Crippen molar-refractivity contribution in [2.75, 3.05) is 45.7 Å². The van der Waals surface area contributed by atoms with Crippen LogP contribution in [0.4, 0.5) is 24.5 Å². The molecule has 0 spiro atoms. The number of likely N-dealkylation sites (N-methyl/N-ethyl adjacent to an activating group) is 1. The normalized spacial score (nSPS) is 15.7. The van der Waals surface area contributed by atoms with Gasteiger partial charge >= 0.3 is 6.18 Å². The molecule has 0 radical (unpaired) electrons. The lowest BCUT2D eigenvalue weighted by Gasteiger charge is -2.33. The Morgan fingerprint density at radius 1 is 1.23 bits per heavy atom. The van der Waals surface area contributed by atoms with Crippen molar-refractivity contribution in [3.05, 3.63) is 63.7 Å². The highest BCUT2D eigenvalue weighted by Gasteiger charge is 2.35. The number of halogens is 3. The molecule has 3 rings (SSSR count). The van der Waals surface area contributed by atoms with E-state index in [9.17, 15) is 28.1 Å². The molecule has 0 aromatic heterocycles. The van der Waals surface area contributed by atoms with E-state index in [-0.39, 0.29) is 23.6 Å². The van der Waals surface area contributed by atoms with Crippen LogP contribution in [-0.2, 0) is 11.0 Å². The fourth-order valence-electron chi connectivity index (χ4n) is 4.28. The SMILES string of the molecule is COc1cccc(C(CNC(=O)C2CCN(c3ccc(C(F)(F)F)cc3[N+](=O)[O-])CC2)N(C)C)c1. The number of methoxy groups -OCH3 is 1.